The number of pyridine rings is 1. The fourth-order valence-electron chi connectivity index (χ4n) is 4.15. The zero-order valence-corrected chi connectivity index (χ0v) is 15.9. The van der Waals surface area contributed by atoms with E-state index in [9.17, 15) is 0 Å². The second-order valence-corrected chi connectivity index (χ2v) is 7.15. The van der Waals surface area contributed by atoms with Gasteiger partial charge in [-0.15, -0.1) is 0 Å². The molecule has 0 aromatic carbocycles. The van der Waals surface area contributed by atoms with E-state index in [0.29, 0.717) is 12.0 Å². The van der Waals surface area contributed by atoms with Crippen molar-refractivity contribution < 1.29 is 4.74 Å². The zero-order valence-electron chi connectivity index (χ0n) is 15.9. The fourth-order valence-corrected chi connectivity index (χ4v) is 4.15. The average Bonchev–Trinajstić information content (AvgIpc) is 3.07. The van der Waals surface area contributed by atoms with E-state index in [2.05, 4.69) is 40.0 Å². The van der Waals surface area contributed by atoms with Crippen LogP contribution in [0.3, 0.4) is 0 Å². The Morgan fingerprint density at radius 2 is 2.16 bits per heavy atom. The number of aryl methyl sites for hydroxylation is 2. The SMILES string of the molecule is COc1c(CN(C)C[C@@H]2CCN(C)[C@H]2c2cccnc2)c(C)nn1C. The fraction of sp³-hybridized carbons (Fsp3) is 0.579. The third-order valence-corrected chi connectivity index (χ3v) is 5.26. The number of likely N-dealkylation sites (tertiary alicyclic amines) is 1. The molecular formula is C19H29N5O. The Balaban J connectivity index is 1.71. The van der Waals surface area contributed by atoms with Gasteiger partial charge in [-0.2, -0.15) is 5.10 Å². The van der Waals surface area contributed by atoms with E-state index >= 15 is 0 Å². The van der Waals surface area contributed by atoms with Gasteiger partial charge in [-0.3, -0.25) is 9.88 Å². The number of rotatable bonds is 6. The molecule has 1 saturated heterocycles. The quantitative estimate of drug-likeness (QED) is 0.805. The highest BCUT2D eigenvalue weighted by atomic mass is 16.5. The molecule has 6 nitrogen and oxygen atoms in total. The Hall–Kier alpha value is -1.92. The van der Waals surface area contributed by atoms with Gasteiger partial charge in [0, 0.05) is 38.6 Å². The third-order valence-electron chi connectivity index (χ3n) is 5.26. The molecule has 0 spiro atoms. The van der Waals surface area contributed by atoms with Crippen LogP contribution >= 0.6 is 0 Å². The minimum Gasteiger partial charge on any atom is -0.481 e. The number of methoxy groups -OCH3 is 1. The Labute approximate surface area is 150 Å². The molecule has 2 atom stereocenters. The number of aromatic nitrogens is 3. The van der Waals surface area contributed by atoms with Crippen molar-refractivity contribution in [1.29, 1.82) is 0 Å². The van der Waals surface area contributed by atoms with Gasteiger partial charge in [0.15, 0.2) is 0 Å². The lowest BCUT2D eigenvalue weighted by Crippen LogP contribution is -2.30. The summed E-state index contributed by atoms with van der Waals surface area (Å²) in [6.07, 6.45) is 5.06. The van der Waals surface area contributed by atoms with Crippen molar-refractivity contribution in [2.75, 3.05) is 34.3 Å². The van der Waals surface area contributed by atoms with Crippen molar-refractivity contribution in [3.8, 4) is 5.88 Å². The highest BCUT2D eigenvalue weighted by molar-refractivity contribution is 5.30. The number of ether oxygens (including phenoxy) is 1. The molecule has 3 heterocycles. The maximum absolute atomic E-state index is 5.53. The highest BCUT2D eigenvalue weighted by Crippen LogP contribution is 2.36. The monoisotopic (exact) mass is 343 g/mol. The van der Waals surface area contributed by atoms with Gasteiger partial charge in [0.1, 0.15) is 0 Å². The van der Waals surface area contributed by atoms with E-state index in [1.54, 1.807) is 7.11 Å². The second kappa shape index (κ2) is 7.54. The van der Waals surface area contributed by atoms with E-state index in [-0.39, 0.29) is 0 Å². The van der Waals surface area contributed by atoms with Crippen molar-refractivity contribution in [2.45, 2.75) is 25.9 Å². The van der Waals surface area contributed by atoms with Gasteiger partial charge in [-0.25, -0.2) is 4.68 Å². The first-order chi connectivity index (χ1) is 12.0. The first-order valence-corrected chi connectivity index (χ1v) is 8.86. The summed E-state index contributed by atoms with van der Waals surface area (Å²) in [5.41, 5.74) is 3.53. The lowest BCUT2D eigenvalue weighted by Gasteiger charge is -2.28. The molecule has 1 aliphatic heterocycles. The summed E-state index contributed by atoms with van der Waals surface area (Å²) < 4.78 is 7.35. The van der Waals surface area contributed by atoms with Crippen molar-refractivity contribution in [2.24, 2.45) is 13.0 Å². The molecule has 6 heteroatoms. The average molecular weight is 343 g/mol. The van der Waals surface area contributed by atoms with Gasteiger partial charge in [0.25, 0.3) is 0 Å². The summed E-state index contributed by atoms with van der Waals surface area (Å²) in [5, 5.41) is 4.49. The molecule has 1 aliphatic rings. The lowest BCUT2D eigenvalue weighted by atomic mass is 9.94. The van der Waals surface area contributed by atoms with Gasteiger partial charge in [0.05, 0.1) is 18.4 Å². The van der Waals surface area contributed by atoms with Crippen LogP contribution in [0.1, 0.15) is 29.3 Å². The summed E-state index contributed by atoms with van der Waals surface area (Å²) >= 11 is 0. The van der Waals surface area contributed by atoms with Gasteiger partial charge >= 0.3 is 0 Å². The molecule has 3 rings (SSSR count). The van der Waals surface area contributed by atoms with Crippen LogP contribution < -0.4 is 4.74 Å². The summed E-state index contributed by atoms with van der Waals surface area (Å²) in [7, 11) is 8.04. The van der Waals surface area contributed by atoms with Crippen LogP contribution in [0.25, 0.3) is 0 Å². The predicted molar refractivity (Wildman–Crippen MR) is 98.5 cm³/mol. The third kappa shape index (κ3) is 3.70. The molecular weight excluding hydrogens is 314 g/mol. The van der Waals surface area contributed by atoms with Gasteiger partial charge in [0.2, 0.25) is 5.88 Å². The molecule has 0 saturated carbocycles. The minimum absolute atomic E-state index is 0.438. The molecule has 136 valence electrons. The first kappa shape index (κ1) is 17.9. The molecule has 0 aliphatic carbocycles. The van der Waals surface area contributed by atoms with Crippen molar-refractivity contribution in [3.05, 3.63) is 41.3 Å². The topological polar surface area (TPSA) is 46.4 Å². The highest BCUT2D eigenvalue weighted by Gasteiger charge is 2.33. The Bertz CT molecular complexity index is 699. The molecule has 25 heavy (non-hydrogen) atoms. The standard InChI is InChI=1S/C19H29N5O/c1-14-17(19(25-5)24(4)21-14)13-22(2)12-16-8-10-23(3)18(16)15-7-6-9-20-11-15/h6-7,9,11,16,18H,8,10,12-13H2,1-5H3/t16-,18-/m0/s1. The molecule has 2 aromatic heterocycles. The van der Waals surface area contributed by atoms with Gasteiger partial charge in [-0.1, -0.05) is 6.07 Å². The van der Waals surface area contributed by atoms with Crippen LogP contribution in [0.5, 0.6) is 5.88 Å². The predicted octanol–water partition coefficient (Wildman–Crippen LogP) is 2.26. The van der Waals surface area contributed by atoms with Crippen LogP contribution in [0.4, 0.5) is 0 Å². The van der Waals surface area contributed by atoms with Crippen LogP contribution in [0, 0.1) is 12.8 Å². The van der Waals surface area contributed by atoms with Crippen molar-refractivity contribution in [1.82, 2.24) is 24.6 Å². The number of hydrogen-bond acceptors (Lipinski definition) is 5. The largest absolute Gasteiger partial charge is 0.481 e. The van der Waals surface area contributed by atoms with Gasteiger partial charge < -0.3 is 9.64 Å². The second-order valence-electron chi connectivity index (χ2n) is 7.15. The lowest BCUT2D eigenvalue weighted by molar-refractivity contribution is 0.212. The maximum Gasteiger partial charge on any atom is 0.216 e. The Kier molecular flexibility index (Phi) is 5.39. The Morgan fingerprint density at radius 1 is 1.36 bits per heavy atom. The number of hydrogen-bond donors (Lipinski definition) is 0. The smallest absolute Gasteiger partial charge is 0.216 e. The summed E-state index contributed by atoms with van der Waals surface area (Å²) in [6.45, 7) is 5.07. The van der Waals surface area contributed by atoms with Crippen LogP contribution in [0.2, 0.25) is 0 Å². The summed E-state index contributed by atoms with van der Waals surface area (Å²) in [5.74, 6) is 1.46. The van der Waals surface area contributed by atoms with E-state index in [1.807, 2.05) is 37.1 Å². The molecule has 2 aromatic rings. The number of nitrogens with zero attached hydrogens (tertiary/aromatic N) is 5. The molecule has 0 unspecified atom stereocenters. The zero-order chi connectivity index (χ0) is 18.0. The first-order valence-electron chi connectivity index (χ1n) is 8.86. The molecule has 0 radical (unpaired) electrons. The van der Waals surface area contributed by atoms with E-state index in [4.69, 9.17) is 4.74 Å². The van der Waals surface area contributed by atoms with E-state index in [1.165, 1.54) is 17.5 Å². The molecule has 1 fully saturated rings. The van der Waals surface area contributed by atoms with Crippen LogP contribution in [0.15, 0.2) is 24.5 Å². The summed E-state index contributed by atoms with van der Waals surface area (Å²) in [4.78, 5) is 9.15. The van der Waals surface area contributed by atoms with E-state index < -0.39 is 0 Å². The molecule has 0 bridgehead atoms. The normalized spacial score (nSPS) is 21.2. The Morgan fingerprint density at radius 3 is 2.84 bits per heavy atom. The molecule has 0 N–H and O–H groups in total. The van der Waals surface area contributed by atoms with Crippen molar-refractivity contribution >= 4 is 0 Å². The van der Waals surface area contributed by atoms with Crippen LogP contribution in [-0.2, 0) is 13.6 Å². The van der Waals surface area contributed by atoms with Gasteiger partial charge in [-0.05, 0) is 51.5 Å². The molecule has 0 amide bonds. The van der Waals surface area contributed by atoms with Crippen LogP contribution in [-0.4, -0.2) is 58.9 Å². The summed E-state index contributed by atoms with van der Waals surface area (Å²) in [6, 6.07) is 4.67. The van der Waals surface area contributed by atoms with Crippen molar-refractivity contribution in [3.63, 3.8) is 0 Å². The maximum atomic E-state index is 5.53. The van der Waals surface area contributed by atoms with E-state index in [0.717, 1.165) is 31.2 Å². The minimum atomic E-state index is 0.438.